The first-order valence-corrected chi connectivity index (χ1v) is 10.9. The van der Waals surface area contributed by atoms with Gasteiger partial charge < -0.3 is 4.42 Å². The molecular weight excluding hydrogens is 430 g/mol. The smallest absolute Gasteiger partial charge is 0.293 e. The zero-order valence-corrected chi connectivity index (χ0v) is 17.8. The molecule has 5 rings (SSSR count). The standard InChI is InChI=1S/C25H16ClNO3S/c26-21-8-4-3-7-20(21)22-12-11-19(30-22)14-23-24(28)27(25(29)31-23)15-16-9-10-17-5-1-2-6-18(17)13-16/h1-14H,15H2/b23-14-. The van der Waals surface area contributed by atoms with E-state index in [4.69, 9.17) is 16.0 Å². The number of carbonyl (C=O) groups excluding carboxylic acids is 2. The van der Waals surface area contributed by atoms with Gasteiger partial charge in [0.05, 0.1) is 16.5 Å². The summed E-state index contributed by atoms with van der Waals surface area (Å²) in [4.78, 5) is 27.0. The molecule has 2 amide bonds. The second-order valence-electron chi connectivity index (χ2n) is 7.13. The molecule has 6 heteroatoms. The number of fused-ring (bicyclic) bond motifs is 1. The van der Waals surface area contributed by atoms with Crippen molar-refractivity contribution in [3.63, 3.8) is 0 Å². The van der Waals surface area contributed by atoms with Crippen LogP contribution in [-0.2, 0) is 11.3 Å². The molecule has 1 fully saturated rings. The topological polar surface area (TPSA) is 50.5 Å². The Labute approximate surface area is 188 Å². The molecule has 1 aliphatic rings. The zero-order valence-electron chi connectivity index (χ0n) is 16.2. The van der Waals surface area contributed by atoms with Crippen LogP contribution in [0.2, 0.25) is 5.02 Å². The maximum Gasteiger partial charge on any atom is 0.293 e. The van der Waals surface area contributed by atoms with Crippen LogP contribution in [0.4, 0.5) is 4.79 Å². The van der Waals surface area contributed by atoms with Crippen molar-refractivity contribution in [2.75, 3.05) is 0 Å². The van der Waals surface area contributed by atoms with Gasteiger partial charge in [0.15, 0.2) is 0 Å². The molecule has 0 bridgehead atoms. The van der Waals surface area contributed by atoms with E-state index in [1.165, 1.54) is 4.90 Å². The third-order valence-electron chi connectivity index (χ3n) is 5.07. The number of nitrogens with zero attached hydrogens (tertiary/aromatic N) is 1. The summed E-state index contributed by atoms with van der Waals surface area (Å²) >= 11 is 7.15. The maximum atomic E-state index is 12.9. The highest BCUT2D eigenvalue weighted by Gasteiger charge is 2.35. The largest absolute Gasteiger partial charge is 0.457 e. The van der Waals surface area contributed by atoms with E-state index >= 15 is 0 Å². The van der Waals surface area contributed by atoms with Crippen LogP contribution in [0, 0.1) is 0 Å². The van der Waals surface area contributed by atoms with Crippen molar-refractivity contribution < 1.29 is 14.0 Å². The predicted molar refractivity (Wildman–Crippen MR) is 125 cm³/mol. The highest BCUT2D eigenvalue weighted by molar-refractivity contribution is 8.18. The molecule has 0 saturated carbocycles. The Bertz CT molecular complexity index is 1360. The number of thioether (sulfide) groups is 1. The lowest BCUT2D eigenvalue weighted by molar-refractivity contribution is -0.123. The van der Waals surface area contributed by atoms with Crippen LogP contribution in [0.1, 0.15) is 11.3 Å². The molecule has 0 unspecified atom stereocenters. The van der Waals surface area contributed by atoms with E-state index in [1.807, 2.05) is 60.7 Å². The maximum absolute atomic E-state index is 12.9. The monoisotopic (exact) mass is 445 g/mol. The molecule has 152 valence electrons. The van der Waals surface area contributed by atoms with Crippen molar-refractivity contribution >= 4 is 51.4 Å². The van der Waals surface area contributed by atoms with Crippen molar-refractivity contribution in [1.82, 2.24) is 4.90 Å². The number of amides is 2. The third kappa shape index (κ3) is 3.90. The van der Waals surface area contributed by atoms with Crippen LogP contribution in [-0.4, -0.2) is 16.0 Å². The van der Waals surface area contributed by atoms with Crippen molar-refractivity contribution in [2.24, 2.45) is 0 Å². The van der Waals surface area contributed by atoms with Crippen molar-refractivity contribution in [3.8, 4) is 11.3 Å². The van der Waals surface area contributed by atoms with E-state index < -0.39 is 0 Å². The van der Waals surface area contributed by atoms with E-state index in [-0.39, 0.29) is 17.7 Å². The van der Waals surface area contributed by atoms with E-state index in [1.54, 1.807) is 24.3 Å². The van der Waals surface area contributed by atoms with Gasteiger partial charge in [0.25, 0.3) is 11.1 Å². The van der Waals surface area contributed by atoms with E-state index in [2.05, 4.69) is 0 Å². The van der Waals surface area contributed by atoms with Gasteiger partial charge in [-0.2, -0.15) is 0 Å². The zero-order chi connectivity index (χ0) is 21.4. The molecule has 0 N–H and O–H groups in total. The van der Waals surface area contributed by atoms with Gasteiger partial charge in [-0.3, -0.25) is 14.5 Å². The number of hydrogen-bond donors (Lipinski definition) is 0. The van der Waals surface area contributed by atoms with Gasteiger partial charge in [-0.05, 0) is 58.4 Å². The fourth-order valence-electron chi connectivity index (χ4n) is 3.52. The number of benzene rings is 3. The Morgan fingerprint density at radius 2 is 1.68 bits per heavy atom. The van der Waals surface area contributed by atoms with Gasteiger partial charge in [0.1, 0.15) is 11.5 Å². The first-order valence-electron chi connectivity index (χ1n) is 9.66. The quantitative estimate of drug-likeness (QED) is 0.317. The Morgan fingerprint density at radius 1 is 0.903 bits per heavy atom. The van der Waals surface area contributed by atoms with E-state index in [0.29, 0.717) is 21.4 Å². The van der Waals surface area contributed by atoms with Crippen LogP contribution in [0.25, 0.3) is 28.2 Å². The van der Waals surface area contributed by atoms with Gasteiger partial charge in [0, 0.05) is 11.6 Å². The van der Waals surface area contributed by atoms with Crippen LogP contribution in [0.15, 0.2) is 88.2 Å². The van der Waals surface area contributed by atoms with Crippen molar-refractivity contribution in [2.45, 2.75) is 6.54 Å². The minimum atomic E-state index is -0.321. The summed E-state index contributed by atoms with van der Waals surface area (Å²) in [5, 5.41) is 2.49. The Morgan fingerprint density at radius 3 is 2.52 bits per heavy atom. The number of carbonyl (C=O) groups is 2. The molecule has 31 heavy (non-hydrogen) atoms. The lowest BCUT2D eigenvalue weighted by Gasteiger charge is -2.13. The van der Waals surface area contributed by atoms with Gasteiger partial charge in [-0.15, -0.1) is 0 Å². The van der Waals surface area contributed by atoms with Gasteiger partial charge in [-0.1, -0.05) is 60.1 Å². The molecule has 2 heterocycles. The molecule has 0 radical (unpaired) electrons. The number of imide groups is 1. The molecule has 1 saturated heterocycles. The van der Waals surface area contributed by atoms with Crippen molar-refractivity contribution in [1.29, 1.82) is 0 Å². The van der Waals surface area contributed by atoms with Crippen LogP contribution in [0.5, 0.6) is 0 Å². The van der Waals surface area contributed by atoms with Crippen LogP contribution < -0.4 is 0 Å². The Balaban J connectivity index is 1.37. The minimum Gasteiger partial charge on any atom is -0.457 e. The summed E-state index contributed by atoms with van der Waals surface area (Å²) in [6.45, 7) is 0.232. The summed E-state index contributed by atoms with van der Waals surface area (Å²) < 4.78 is 5.84. The van der Waals surface area contributed by atoms with Crippen LogP contribution >= 0.6 is 23.4 Å². The number of halogens is 1. The molecule has 3 aromatic carbocycles. The minimum absolute atomic E-state index is 0.232. The summed E-state index contributed by atoms with van der Waals surface area (Å²) in [6, 6.07) is 24.9. The van der Waals surface area contributed by atoms with Gasteiger partial charge >= 0.3 is 0 Å². The second-order valence-corrected chi connectivity index (χ2v) is 8.53. The summed E-state index contributed by atoms with van der Waals surface area (Å²) in [6.07, 6.45) is 1.60. The molecule has 0 spiro atoms. The average molecular weight is 446 g/mol. The highest BCUT2D eigenvalue weighted by Crippen LogP contribution is 2.35. The Hall–Kier alpha value is -3.28. The van der Waals surface area contributed by atoms with E-state index in [0.717, 1.165) is 33.7 Å². The van der Waals surface area contributed by atoms with E-state index in [9.17, 15) is 9.59 Å². The molecule has 0 aliphatic carbocycles. The lowest BCUT2D eigenvalue weighted by atomic mass is 10.1. The van der Waals surface area contributed by atoms with Crippen molar-refractivity contribution in [3.05, 3.63) is 100 Å². The number of rotatable bonds is 4. The molecular formula is C25H16ClNO3S. The normalized spacial score (nSPS) is 15.4. The van der Waals surface area contributed by atoms with Gasteiger partial charge in [0.2, 0.25) is 0 Å². The summed E-state index contributed by atoms with van der Waals surface area (Å²) in [5.41, 5.74) is 1.68. The Kier molecular flexibility index (Phi) is 5.14. The molecule has 0 atom stereocenters. The third-order valence-corrected chi connectivity index (χ3v) is 6.30. The lowest BCUT2D eigenvalue weighted by Crippen LogP contribution is -2.27. The second kappa shape index (κ2) is 8.10. The summed E-state index contributed by atoms with van der Waals surface area (Å²) in [7, 11) is 0. The predicted octanol–water partition coefficient (Wildman–Crippen LogP) is 6.99. The first kappa shape index (κ1) is 19.7. The molecule has 4 nitrogen and oxygen atoms in total. The van der Waals surface area contributed by atoms with Crippen LogP contribution in [0.3, 0.4) is 0 Å². The molecule has 4 aromatic rings. The fraction of sp³-hybridized carbons (Fsp3) is 0.0400. The highest BCUT2D eigenvalue weighted by atomic mass is 35.5. The number of furan rings is 1. The average Bonchev–Trinajstić information content (AvgIpc) is 3.34. The first-order chi connectivity index (χ1) is 15.1. The summed E-state index contributed by atoms with van der Waals surface area (Å²) in [5.74, 6) is 0.775. The molecule has 1 aromatic heterocycles. The van der Waals surface area contributed by atoms with Gasteiger partial charge in [-0.25, -0.2) is 0 Å². The molecule has 1 aliphatic heterocycles. The number of hydrogen-bond acceptors (Lipinski definition) is 4. The SMILES string of the molecule is O=C1S/C(=C\c2ccc(-c3ccccc3Cl)o2)C(=O)N1Cc1ccc2ccccc2c1. The fourth-order valence-corrected chi connectivity index (χ4v) is 4.57.